The van der Waals surface area contributed by atoms with Crippen LogP contribution in [0.25, 0.3) is 0 Å². The van der Waals surface area contributed by atoms with Crippen LogP contribution in [0.1, 0.15) is 20.7 Å². The summed E-state index contributed by atoms with van der Waals surface area (Å²) in [5, 5.41) is 0.385. The van der Waals surface area contributed by atoms with Gasteiger partial charge in [-0.25, -0.2) is 0 Å². The van der Waals surface area contributed by atoms with Crippen LogP contribution in [0, 0.1) is 0 Å². The van der Waals surface area contributed by atoms with E-state index in [2.05, 4.69) is 4.98 Å². The molecule has 19 heavy (non-hydrogen) atoms. The number of ketones is 2. The van der Waals surface area contributed by atoms with Gasteiger partial charge in [-0.3, -0.25) is 14.6 Å². The van der Waals surface area contributed by atoms with Crippen molar-refractivity contribution in [1.29, 1.82) is 0 Å². The maximum atomic E-state index is 12.1. The Morgan fingerprint density at radius 3 is 2.32 bits per heavy atom. The highest BCUT2D eigenvalue weighted by molar-refractivity contribution is 6.49. The average Bonchev–Trinajstić information content (AvgIpc) is 2.47. The number of pyridine rings is 1. The Bertz CT molecular complexity index is 626. The van der Waals surface area contributed by atoms with Gasteiger partial charge in [0.15, 0.2) is 0 Å². The van der Waals surface area contributed by atoms with Crippen molar-refractivity contribution in [3.8, 4) is 5.75 Å². The smallest absolute Gasteiger partial charge is 0.233 e. The van der Waals surface area contributed by atoms with Gasteiger partial charge in [-0.1, -0.05) is 11.6 Å². The second kappa shape index (κ2) is 5.63. The number of Topliss-reactive ketones (excluding diaryl/α,β-unsaturated/α-hetero) is 2. The fraction of sp³-hybridized carbons (Fsp3) is 0.0714. The van der Waals surface area contributed by atoms with Gasteiger partial charge in [0, 0.05) is 23.5 Å². The molecule has 0 radical (unpaired) electrons. The predicted molar refractivity (Wildman–Crippen MR) is 70.9 cm³/mol. The minimum absolute atomic E-state index is 0.239. The molecule has 0 fully saturated rings. The molecule has 0 aliphatic rings. The first-order valence-corrected chi connectivity index (χ1v) is 5.84. The zero-order valence-corrected chi connectivity index (χ0v) is 10.8. The van der Waals surface area contributed by atoms with E-state index in [-0.39, 0.29) is 5.56 Å². The van der Waals surface area contributed by atoms with Crippen molar-refractivity contribution in [1.82, 2.24) is 4.98 Å². The summed E-state index contributed by atoms with van der Waals surface area (Å²) in [6, 6.07) is 7.45. The molecule has 0 atom stereocenters. The fourth-order valence-electron chi connectivity index (χ4n) is 1.57. The molecular formula is C14H10ClNO3. The van der Waals surface area contributed by atoms with Gasteiger partial charge in [-0.2, -0.15) is 0 Å². The Kier molecular flexibility index (Phi) is 3.92. The van der Waals surface area contributed by atoms with E-state index in [1.165, 1.54) is 49.8 Å². The summed E-state index contributed by atoms with van der Waals surface area (Å²) in [6.45, 7) is 0. The molecule has 5 heteroatoms. The van der Waals surface area contributed by atoms with Gasteiger partial charge < -0.3 is 4.74 Å². The molecule has 1 heterocycles. The Labute approximate surface area is 115 Å². The molecule has 0 bridgehead atoms. The molecule has 2 rings (SSSR count). The molecule has 0 aliphatic carbocycles. The summed E-state index contributed by atoms with van der Waals surface area (Å²) in [5.74, 6) is -0.844. The first kappa shape index (κ1) is 13.2. The van der Waals surface area contributed by atoms with E-state index < -0.39 is 11.6 Å². The maximum absolute atomic E-state index is 12.1. The Morgan fingerprint density at radius 1 is 1.05 bits per heavy atom. The lowest BCUT2D eigenvalue weighted by molar-refractivity contribution is 0.0816. The van der Waals surface area contributed by atoms with E-state index in [1.54, 1.807) is 0 Å². The molecule has 0 N–H and O–H groups in total. The molecule has 0 amide bonds. The number of nitrogens with zero attached hydrogens (tertiary/aromatic N) is 1. The van der Waals surface area contributed by atoms with Crippen molar-refractivity contribution in [2.24, 2.45) is 0 Å². The number of aromatic nitrogens is 1. The number of carbonyl (C=O) groups excluding carboxylic acids is 2. The van der Waals surface area contributed by atoms with Crippen LogP contribution in [0.3, 0.4) is 0 Å². The second-order valence-electron chi connectivity index (χ2n) is 3.74. The molecule has 1 aromatic carbocycles. The summed E-state index contributed by atoms with van der Waals surface area (Å²) >= 11 is 5.87. The third-order valence-electron chi connectivity index (χ3n) is 2.56. The van der Waals surface area contributed by atoms with Crippen molar-refractivity contribution in [2.75, 3.05) is 7.11 Å². The minimum atomic E-state index is -0.610. The molecular weight excluding hydrogens is 266 g/mol. The van der Waals surface area contributed by atoms with Gasteiger partial charge >= 0.3 is 0 Å². The number of ether oxygens (including phenoxy) is 1. The lowest BCUT2D eigenvalue weighted by Gasteiger charge is -2.05. The van der Waals surface area contributed by atoms with Gasteiger partial charge in [0.05, 0.1) is 12.1 Å². The molecule has 2 aromatic rings. The Morgan fingerprint density at radius 2 is 1.68 bits per heavy atom. The SMILES string of the molecule is COc1cc(C(=O)C(=O)c2ccncc2)ccc1Cl. The standard InChI is InChI=1S/C14H10ClNO3/c1-19-12-8-10(2-3-11(12)15)14(18)13(17)9-4-6-16-7-5-9/h2-8H,1H3. The number of hydrogen-bond acceptors (Lipinski definition) is 4. The van der Waals surface area contributed by atoms with Crippen LogP contribution in [0.15, 0.2) is 42.7 Å². The van der Waals surface area contributed by atoms with Crippen molar-refractivity contribution < 1.29 is 14.3 Å². The molecule has 0 unspecified atom stereocenters. The zero-order chi connectivity index (χ0) is 13.8. The number of carbonyl (C=O) groups is 2. The van der Waals surface area contributed by atoms with Crippen molar-refractivity contribution in [3.05, 3.63) is 58.9 Å². The van der Waals surface area contributed by atoms with Gasteiger partial charge in [0.1, 0.15) is 5.75 Å². The summed E-state index contributed by atoms with van der Waals surface area (Å²) in [7, 11) is 1.44. The van der Waals surface area contributed by atoms with E-state index in [0.29, 0.717) is 16.3 Å². The molecule has 1 aromatic heterocycles. The van der Waals surface area contributed by atoms with E-state index in [4.69, 9.17) is 16.3 Å². The fourth-order valence-corrected chi connectivity index (χ4v) is 1.76. The van der Waals surface area contributed by atoms with Crippen molar-refractivity contribution in [2.45, 2.75) is 0 Å². The lowest BCUT2D eigenvalue weighted by atomic mass is 10.0. The molecule has 0 saturated heterocycles. The third kappa shape index (κ3) is 2.80. The highest BCUT2D eigenvalue weighted by Crippen LogP contribution is 2.25. The van der Waals surface area contributed by atoms with Gasteiger partial charge in [-0.15, -0.1) is 0 Å². The third-order valence-corrected chi connectivity index (χ3v) is 2.87. The van der Waals surface area contributed by atoms with E-state index >= 15 is 0 Å². The summed E-state index contributed by atoms with van der Waals surface area (Å²) in [4.78, 5) is 27.8. The second-order valence-corrected chi connectivity index (χ2v) is 4.15. The van der Waals surface area contributed by atoms with Gasteiger partial charge in [-0.05, 0) is 30.3 Å². The number of hydrogen-bond donors (Lipinski definition) is 0. The first-order chi connectivity index (χ1) is 9.13. The van der Waals surface area contributed by atoms with Crippen LogP contribution in [0.2, 0.25) is 5.02 Å². The number of benzene rings is 1. The highest BCUT2D eigenvalue weighted by atomic mass is 35.5. The van der Waals surface area contributed by atoms with Crippen LogP contribution in [0.4, 0.5) is 0 Å². The predicted octanol–water partition coefficient (Wildman–Crippen LogP) is 2.81. The number of methoxy groups -OCH3 is 1. The van der Waals surface area contributed by atoms with E-state index in [0.717, 1.165) is 0 Å². The lowest BCUT2D eigenvalue weighted by Crippen LogP contribution is -2.14. The topological polar surface area (TPSA) is 56.3 Å². The molecule has 0 spiro atoms. The first-order valence-electron chi connectivity index (χ1n) is 5.46. The maximum Gasteiger partial charge on any atom is 0.233 e. The molecule has 96 valence electrons. The Balaban J connectivity index is 2.32. The van der Waals surface area contributed by atoms with E-state index in [9.17, 15) is 9.59 Å². The van der Waals surface area contributed by atoms with Crippen LogP contribution in [-0.4, -0.2) is 23.7 Å². The summed E-state index contributed by atoms with van der Waals surface area (Å²) < 4.78 is 5.02. The number of halogens is 1. The molecule has 0 saturated carbocycles. The van der Waals surface area contributed by atoms with Crippen molar-refractivity contribution >= 4 is 23.2 Å². The highest BCUT2D eigenvalue weighted by Gasteiger charge is 2.19. The monoisotopic (exact) mass is 275 g/mol. The summed E-state index contributed by atoms with van der Waals surface area (Å²) in [6.07, 6.45) is 2.92. The number of rotatable bonds is 4. The van der Waals surface area contributed by atoms with Crippen LogP contribution in [-0.2, 0) is 0 Å². The Hall–Kier alpha value is -2.20. The van der Waals surface area contributed by atoms with E-state index in [1.807, 2.05) is 0 Å². The normalized spacial score (nSPS) is 10.0. The quantitative estimate of drug-likeness (QED) is 0.636. The largest absolute Gasteiger partial charge is 0.495 e. The van der Waals surface area contributed by atoms with Crippen LogP contribution >= 0.6 is 11.6 Å². The van der Waals surface area contributed by atoms with Crippen LogP contribution in [0.5, 0.6) is 5.75 Å². The molecule has 0 aliphatic heterocycles. The van der Waals surface area contributed by atoms with Crippen molar-refractivity contribution in [3.63, 3.8) is 0 Å². The van der Waals surface area contributed by atoms with Crippen LogP contribution < -0.4 is 4.74 Å². The zero-order valence-electron chi connectivity index (χ0n) is 10.1. The molecule has 4 nitrogen and oxygen atoms in total. The minimum Gasteiger partial charge on any atom is -0.495 e. The average molecular weight is 276 g/mol. The summed E-state index contributed by atoms with van der Waals surface area (Å²) in [5.41, 5.74) is 0.539. The van der Waals surface area contributed by atoms with Gasteiger partial charge in [0.25, 0.3) is 0 Å². The van der Waals surface area contributed by atoms with Gasteiger partial charge in [0.2, 0.25) is 11.6 Å².